The van der Waals surface area contributed by atoms with Gasteiger partial charge >= 0.3 is 5.97 Å². The molecular formula is C18H21ClFNO3. The molecule has 0 unspecified atom stereocenters. The van der Waals surface area contributed by atoms with Gasteiger partial charge in [0.25, 0.3) is 5.91 Å². The first kappa shape index (κ1) is 18.5. The molecule has 1 aromatic carbocycles. The van der Waals surface area contributed by atoms with Gasteiger partial charge in [0, 0.05) is 6.54 Å². The second-order valence-corrected chi connectivity index (χ2v) is 6.20. The van der Waals surface area contributed by atoms with Crippen molar-refractivity contribution in [2.75, 3.05) is 6.54 Å². The molecule has 0 radical (unpaired) electrons. The molecule has 1 N–H and O–H groups in total. The van der Waals surface area contributed by atoms with Crippen LogP contribution >= 0.6 is 11.6 Å². The molecule has 1 aliphatic rings. The highest BCUT2D eigenvalue weighted by Gasteiger charge is 2.23. The summed E-state index contributed by atoms with van der Waals surface area (Å²) in [5, 5.41) is 2.69. The van der Waals surface area contributed by atoms with E-state index in [0.717, 1.165) is 25.3 Å². The van der Waals surface area contributed by atoms with E-state index >= 15 is 0 Å². The Kier molecular flexibility index (Phi) is 6.79. The molecule has 0 aromatic heterocycles. The number of halogens is 2. The van der Waals surface area contributed by atoms with E-state index in [4.69, 9.17) is 16.3 Å². The van der Waals surface area contributed by atoms with E-state index in [-0.39, 0.29) is 10.6 Å². The number of hydrogen-bond donors (Lipinski definition) is 1. The smallest absolute Gasteiger partial charge is 0.343 e. The van der Waals surface area contributed by atoms with Gasteiger partial charge in [-0.15, -0.1) is 0 Å². The zero-order valence-electron chi connectivity index (χ0n) is 13.6. The number of amides is 1. The summed E-state index contributed by atoms with van der Waals surface area (Å²) in [6.07, 6.45) is 6.59. The number of esters is 1. The zero-order valence-corrected chi connectivity index (χ0v) is 14.4. The average molecular weight is 354 g/mol. The fourth-order valence-corrected chi connectivity index (χ4v) is 2.83. The topological polar surface area (TPSA) is 55.4 Å². The number of benzene rings is 1. The minimum absolute atomic E-state index is 0.0446. The van der Waals surface area contributed by atoms with Crippen LogP contribution in [0, 0.1) is 5.82 Å². The third-order valence-electron chi connectivity index (χ3n) is 3.95. The summed E-state index contributed by atoms with van der Waals surface area (Å²) in [6, 6.07) is 3.90. The normalized spacial score (nSPS) is 15.4. The molecule has 1 atom stereocenters. The molecule has 1 aromatic rings. The van der Waals surface area contributed by atoms with Gasteiger partial charge < -0.3 is 10.1 Å². The molecule has 0 saturated heterocycles. The maximum absolute atomic E-state index is 13.7. The van der Waals surface area contributed by atoms with Crippen LogP contribution in [0.25, 0.3) is 0 Å². The number of ether oxygens (including phenoxy) is 1. The molecule has 2 rings (SSSR count). The molecule has 130 valence electrons. The van der Waals surface area contributed by atoms with E-state index in [9.17, 15) is 14.0 Å². The van der Waals surface area contributed by atoms with Gasteiger partial charge in [-0.25, -0.2) is 9.18 Å². The lowest BCUT2D eigenvalue weighted by Gasteiger charge is -2.16. The highest BCUT2D eigenvalue weighted by molar-refractivity contribution is 6.33. The van der Waals surface area contributed by atoms with Crippen LogP contribution in [-0.4, -0.2) is 24.5 Å². The molecule has 6 heteroatoms. The summed E-state index contributed by atoms with van der Waals surface area (Å²) in [4.78, 5) is 24.0. The van der Waals surface area contributed by atoms with Crippen LogP contribution in [0.5, 0.6) is 0 Å². The lowest BCUT2D eigenvalue weighted by Crippen LogP contribution is -2.36. The predicted molar refractivity (Wildman–Crippen MR) is 90.5 cm³/mol. The standard InChI is InChI=1S/C18H21ClFNO3/c1-12(17(22)21-11-10-13-6-3-2-4-7-13)24-18(23)16-14(19)8-5-9-15(16)20/h5-6,8-9,12H,2-4,7,10-11H2,1H3,(H,21,22)/t12-/m1/s1. The van der Waals surface area contributed by atoms with Crippen molar-refractivity contribution in [2.45, 2.75) is 45.1 Å². The van der Waals surface area contributed by atoms with E-state index < -0.39 is 23.8 Å². The maximum atomic E-state index is 13.7. The summed E-state index contributed by atoms with van der Waals surface area (Å²) >= 11 is 5.81. The van der Waals surface area contributed by atoms with Gasteiger partial charge in [0.15, 0.2) is 6.10 Å². The van der Waals surface area contributed by atoms with E-state index in [0.29, 0.717) is 6.54 Å². The summed E-state index contributed by atoms with van der Waals surface area (Å²) < 4.78 is 18.7. The van der Waals surface area contributed by atoms with Gasteiger partial charge in [0.05, 0.1) is 5.02 Å². The Morgan fingerprint density at radius 3 is 2.83 bits per heavy atom. The van der Waals surface area contributed by atoms with Crippen LogP contribution in [0.3, 0.4) is 0 Å². The average Bonchev–Trinajstić information content (AvgIpc) is 2.55. The molecule has 0 spiro atoms. The third-order valence-corrected chi connectivity index (χ3v) is 4.27. The lowest BCUT2D eigenvalue weighted by molar-refractivity contribution is -0.129. The molecule has 24 heavy (non-hydrogen) atoms. The summed E-state index contributed by atoms with van der Waals surface area (Å²) in [6.45, 7) is 1.94. The summed E-state index contributed by atoms with van der Waals surface area (Å²) in [7, 11) is 0. The van der Waals surface area contributed by atoms with Crippen LogP contribution < -0.4 is 5.32 Å². The monoisotopic (exact) mass is 353 g/mol. The second-order valence-electron chi connectivity index (χ2n) is 5.79. The predicted octanol–water partition coefficient (Wildman–Crippen LogP) is 4.03. The zero-order chi connectivity index (χ0) is 17.5. The van der Waals surface area contributed by atoms with Gasteiger partial charge in [0.2, 0.25) is 0 Å². The van der Waals surface area contributed by atoms with Crippen LogP contribution in [0.1, 0.15) is 49.4 Å². The van der Waals surface area contributed by atoms with E-state index in [1.54, 1.807) is 0 Å². The fourth-order valence-electron chi connectivity index (χ4n) is 2.59. The molecular weight excluding hydrogens is 333 g/mol. The number of allylic oxidation sites excluding steroid dienone is 1. The molecule has 4 nitrogen and oxygen atoms in total. The Hall–Kier alpha value is -1.88. The first-order valence-corrected chi connectivity index (χ1v) is 8.47. The Balaban J connectivity index is 1.82. The SMILES string of the molecule is C[C@@H](OC(=O)c1c(F)cccc1Cl)C(=O)NCCC1=CCCCC1. The lowest BCUT2D eigenvalue weighted by atomic mass is 9.97. The minimum Gasteiger partial charge on any atom is -0.449 e. The minimum atomic E-state index is -1.02. The van der Waals surface area contributed by atoms with E-state index in [1.807, 2.05) is 0 Å². The largest absolute Gasteiger partial charge is 0.449 e. The number of nitrogens with one attached hydrogen (secondary N) is 1. The number of hydrogen-bond acceptors (Lipinski definition) is 3. The third kappa shape index (κ3) is 5.06. The van der Waals surface area contributed by atoms with E-state index in [2.05, 4.69) is 11.4 Å². The number of rotatable bonds is 6. The van der Waals surface area contributed by atoms with Crippen molar-refractivity contribution in [2.24, 2.45) is 0 Å². The van der Waals surface area contributed by atoms with Crippen molar-refractivity contribution in [3.63, 3.8) is 0 Å². The van der Waals surface area contributed by atoms with Crippen LogP contribution in [-0.2, 0) is 9.53 Å². The molecule has 0 saturated carbocycles. The quantitative estimate of drug-likeness (QED) is 0.620. The highest BCUT2D eigenvalue weighted by Crippen LogP contribution is 2.21. The molecule has 0 heterocycles. The maximum Gasteiger partial charge on any atom is 0.343 e. The van der Waals surface area contributed by atoms with Gasteiger partial charge in [-0.2, -0.15) is 0 Å². The van der Waals surface area contributed by atoms with Gasteiger partial charge in [-0.3, -0.25) is 4.79 Å². The van der Waals surface area contributed by atoms with Gasteiger partial charge in [-0.1, -0.05) is 29.3 Å². The Morgan fingerprint density at radius 1 is 1.38 bits per heavy atom. The number of carbonyl (C=O) groups is 2. The Labute approximate surface area is 146 Å². The van der Waals surface area contributed by atoms with Gasteiger partial charge in [-0.05, 0) is 51.2 Å². The summed E-state index contributed by atoms with van der Waals surface area (Å²) in [5.41, 5.74) is 0.996. The van der Waals surface area contributed by atoms with Gasteiger partial charge in [0.1, 0.15) is 11.4 Å². The first-order chi connectivity index (χ1) is 11.5. The van der Waals surface area contributed by atoms with Crippen LogP contribution in [0.4, 0.5) is 4.39 Å². The van der Waals surface area contributed by atoms with E-state index in [1.165, 1.54) is 37.5 Å². The van der Waals surface area contributed by atoms with Crippen molar-refractivity contribution in [1.82, 2.24) is 5.32 Å². The van der Waals surface area contributed by atoms with Crippen molar-refractivity contribution < 1.29 is 18.7 Å². The van der Waals surface area contributed by atoms with Crippen molar-refractivity contribution in [3.05, 3.63) is 46.3 Å². The van der Waals surface area contributed by atoms with Crippen molar-refractivity contribution in [3.8, 4) is 0 Å². The molecule has 0 fully saturated rings. The Bertz CT molecular complexity index is 625. The summed E-state index contributed by atoms with van der Waals surface area (Å²) in [5.74, 6) is -2.13. The van der Waals surface area contributed by atoms with Crippen LogP contribution in [0.15, 0.2) is 29.8 Å². The molecule has 0 aliphatic heterocycles. The fraction of sp³-hybridized carbons (Fsp3) is 0.444. The Morgan fingerprint density at radius 2 is 2.17 bits per heavy atom. The number of carbonyl (C=O) groups excluding carboxylic acids is 2. The molecule has 1 aliphatic carbocycles. The second kappa shape index (κ2) is 8.83. The molecule has 1 amide bonds. The molecule has 0 bridgehead atoms. The van der Waals surface area contributed by atoms with Crippen LogP contribution in [0.2, 0.25) is 5.02 Å². The highest BCUT2D eigenvalue weighted by atomic mass is 35.5. The van der Waals surface area contributed by atoms with Crippen molar-refractivity contribution in [1.29, 1.82) is 0 Å². The van der Waals surface area contributed by atoms with Crippen molar-refractivity contribution >= 4 is 23.5 Å². The first-order valence-electron chi connectivity index (χ1n) is 8.09.